The van der Waals surface area contributed by atoms with Gasteiger partial charge in [0.1, 0.15) is 0 Å². The Hall–Kier alpha value is -1.88. The predicted molar refractivity (Wildman–Crippen MR) is 81.2 cm³/mol. The number of benzene rings is 1. The first kappa shape index (κ1) is 17.2. The maximum absolute atomic E-state index is 11.7. The van der Waals surface area contributed by atoms with Crippen molar-refractivity contribution in [3.8, 4) is 0 Å². The highest BCUT2D eigenvalue weighted by molar-refractivity contribution is 5.93. The maximum Gasteiger partial charge on any atom is 0.338 e. The summed E-state index contributed by atoms with van der Waals surface area (Å²) in [6, 6.07) is 6.63. The fourth-order valence-corrected chi connectivity index (χ4v) is 1.70. The number of hydrogen-bond acceptors (Lipinski definition) is 4. The van der Waals surface area contributed by atoms with Crippen LogP contribution in [0.4, 0.5) is 5.69 Å². The van der Waals surface area contributed by atoms with Crippen molar-refractivity contribution in [2.75, 3.05) is 18.5 Å². The van der Waals surface area contributed by atoms with Gasteiger partial charge in [-0.3, -0.25) is 4.79 Å². The SMILES string of the molecule is CCCCOC(=O)c1ccc(NC(=O)CCCCO)cc1. The third-order valence-electron chi connectivity index (χ3n) is 2.95. The van der Waals surface area contributed by atoms with E-state index in [1.165, 1.54) is 0 Å². The van der Waals surface area contributed by atoms with Gasteiger partial charge in [-0.25, -0.2) is 4.79 Å². The Labute approximate surface area is 125 Å². The molecule has 1 rings (SSSR count). The van der Waals surface area contributed by atoms with Gasteiger partial charge < -0.3 is 15.2 Å². The molecule has 0 aliphatic rings. The minimum Gasteiger partial charge on any atom is -0.462 e. The van der Waals surface area contributed by atoms with Crippen LogP contribution in [0.3, 0.4) is 0 Å². The first-order valence-corrected chi connectivity index (χ1v) is 7.35. The Morgan fingerprint density at radius 3 is 2.48 bits per heavy atom. The molecule has 0 aliphatic carbocycles. The molecule has 0 aromatic heterocycles. The molecule has 0 aliphatic heterocycles. The van der Waals surface area contributed by atoms with E-state index in [1.54, 1.807) is 24.3 Å². The molecular weight excluding hydrogens is 270 g/mol. The molecule has 2 N–H and O–H groups in total. The summed E-state index contributed by atoms with van der Waals surface area (Å²) in [5.74, 6) is -0.439. The van der Waals surface area contributed by atoms with Gasteiger partial charge in [-0.05, 0) is 43.5 Å². The topological polar surface area (TPSA) is 75.6 Å². The van der Waals surface area contributed by atoms with Crippen LogP contribution in [0, 0.1) is 0 Å². The van der Waals surface area contributed by atoms with E-state index in [9.17, 15) is 9.59 Å². The van der Waals surface area contributed by atoms with Crippen LogP contribution in [0.5, 0.6) is 0 Å². The molecule has 5 heteroatoms. The summed E-state index contributed by atoms with van der Waals surface area (Å²) in [7, 11) is 0. The minimum absolute atomic E-state index is 0.0956. The van der Waals surface area contributed by atoms with Gasteiger partial charge >= 0.3 is 5.97 Å². The number of aliphatic hydroxyl groups is 1. The average molecular weight is 293 g/mol. The number of rotatable bonds is 9. The van der Waals surface area contributed by atoms with E-state index < -0.39 is 0 Å². The molecular formula is C16H23NO4. The van der Waals surface area contributed by atoms with Crippen LogP contribution in [0.2, 0.25) is 0 Å². The number of nitrogens with one attached hydrogen (secondary N) is 1. The van der Waals surface area contributed by atoms with E-state index in [1.807, 2.05) is 6.92 Å². The van der Waals surface area contributed by atoms with E-state index in [4.69, 9.17) is 9.84 Å². The minimum atomic E-state index is -0.343. The quantitative estimate of drug-likeness (QED) is 0.542. The molecule has 1 aromatic carbocycles. The van der Waals surface area contributed by atoms with Crippen molar-refractivity contribution in [3.05, 3.63) is 29.8 Å². The van der Waals surface area contributed by atoms with E-state index in [0.29, 0.717) is 37.1 Å². The zero-order chi connectivity index (χ0) is 15.5. The van der Waals surface area contributed by atoms with Crippen LogP contribution in [-0.2, 0) is 9.53 Å². The van der Waals surface area contributed by atoms with Gasteiger partial charge in [0, 0.05) is 18.7 Å². The summed E-state index contributed by atoms with van der Waals surface area (Å²) in [4.78, 5) is 23.3. The van der Waals surface area contributed by atoms with E-state index in [0.717, 1.165) is 12.8 Å². The molecule has 0 radical (unpaired) electrons. The number of amides is 1. The number of esters is 1. The van der Waals surface area contributed by atoms with Gasteiger partial charge in [-0.1, -0.05) is 13.3 Å². The number of hydrogen-bond donors (Lipinski definition) is 2. The maximum atomic E-state index is 11.7. The lowest BCUT2D eigenvalue weighted by Gasteiger charge is -2.07. The van der Waals surface area contributed by atoms with Crippen molar-refractivity contribution in [2.24, 2.45) is 0 Å². The highest BCUT2D eigenvalue weighted by Crippen LogP contribution is 2.11. The van der Waals surface area contributed by atoms with Crippen LogP contribution in [-0.4, -0.2) is 30.2 Å². The number of ether oxygens (including phenoxy) is 1. The number of unbranched alkanes of at least 4 members (excludes halogenated alkanes) is 2. The Morgan fingerprint density at radius 1 is 1.14 bits per heavy atom. The molecule has 21 heavy (non-hydrogen) atoms. The first-order valence-electron chi connectivity index (χ1n) is 7.35. The van der Waals surface area contributed by atoms with Crippen molar-refractivity contribution >= 4 is 17.6 Å². The highest BCUT2D eigenvalue weighted by Gasteiger charge is 2.07. The Balaban J connectivity index is 2.42. The molecule has 0 saturated heterocycles. The zero-order valence-electron chi connectivity index (χ0n) is 12.4. The molecule has 0 unspecified atom stereocenters. The highest BCUT2D eigenvalue weighted by atomic mass is 16.5. The van der Waals surface area contributed by atoms with Gasteiger partial charge in [0.2, 0.25) is 5.91 Å². The zero-order valence-corrected chi connectivity index (χ0v) is 12.4. The first-order chi connectivity index (χ1) is 10.2. The average Bonchev–Trinajstić information content (AvgIpc) is 2.48. The van der Waals surface area contributed by atoms with E-state index >= 15 is 0 Å². The lowest BCUT2D eigenvalue weighted by atomic mass is 10.2. The molecule has 1 amide bonds. The molecule has 0 bridgehead atoms. The largest absolute Gasteiger partial charge is 0.462 e. The fourth-order valence-electron chi connectivity index (χ4n) is 1.70. The number of anilines is 1. The summed E-state index contributed by atoms with van der Waals surface area (Å²) < 4.78 is 5.10. The van der Waals surface area contributed by atoms with Crippen LogP contribution < -0.4 is 5.32 Å². The summed E-state index contributed by atoms with van der Waals surface area (Å²) in [5, 5.41) is 11.4. The normalized spacial score (nSPS) is 10.2. The van der Waals surface area contributed by atoms with Gasteiger partial charge in [0.25, 0.3) is 0 Å². The van der Waals surface area contributed by atoms with Gasteiger partial charge in [-0.15, -0.1) is 0 Å². The Bertz CT molecular complexity index is 442. The van der Waals surface area contributed by atoms with Crippen molar-refractivity contribution in [1.82, 2.24) is 0 Å². The van der Waals surface area contributed by atoms with Gasteiger partial charge in [0.15, 0.2) is 0 Å². The Kier molecular flexibility index (Phi) is 8.12. The van der Waals surface area contributed by atoms with Crippen LogP contribution in [0.15, 0.2) is 24.3 Å². The number of carbonyl (C=O) groups is 2. The second-order valence-electron chi connectivity index (χ2n) is 4.80. The summed E-state index contributed by atoms with van der Waals surface area (Å²) in [6.45, 7) is 2.56. The molecule has 1 aromatic rings. The summed E-state index contributed by atoms with van der Waals surface area (Å²) >= 11 is 0. The van der Waals surface area contributed by atoms with Gasteiger partial charge in [-0.2, -0.15) is 0 Å². The number of aliphatic hydroxyl groups excluding tert-OH is 1. The predicted octanol–water partition coefficient (Wildman–Crippen LogP) is 2.74. The van der Waals surface area contributed by atoms with Crippen LogP contribution in [0.25, 0.3) is 0 Å². The molecule has 5 nitrogen and oxygen atoms in total. The summed E-state index contributed by atoms with van der Waals surface area (Å²) in [5.41, 5.74) is 1.12. The lowest BCUT2D eigenvalue weighted by Crippen LogP contribution is -2.12. The summed E-state index contributed by atoms with van der Waals surface area (Å²) in [6.07, 6.45) is 3.49. The molecule has 0 spiro atoms. The smallest absolute Gasteiger partial charge is 0.338 e. The molecule has 0 heterocycles. The Morgan fingerprint density at radius 2 is 1.86 bits per heavy atom. The van der Waals surface area contributed by atoms with E-state index in [-0.39, 0.29) is 18.5 Å². The fraction of sp³-hybridized carbons (Fsp3) is 0.500. The molecule has 0 fully saturated rings. The molecule has 0 atom stereocenters. The van der Waals surface area contributed by atoms with Crippen molar-refractivity contribution in [2.45, 2.75) is 39.0 Å². The number of carbonyl (C=O) groups excluding carboxylic acids is 2. The lowest BCUT2D eigenvalue weighted by molar-refractivity contribution is -0.116. The molecule has 0 saturated carbocycles. The van der Waals surface area contributed by atoms with Crippen molar-refractivity contribution < 1.29 is 19.4 Å². The second-order valence-corrected chi connectivity index (χ2v) is 4.80. The van der Waals surface area contributed by atoms with Crippen LogP contribution >= 0.6 is 0 Å². The third kappa shape index (κ3) is 6.90. The van der Waals surface area contributed by atoms with Crippen molar-refractivity contribution in [3.63, 3.8) is 0 Å². The third-order valence-corrected chi connectivity index (χ3v) is 2.95. The molecule has 116 valence electrons. The van der Waals surface area contributed by atoms with Crippen molar-refractivity contribution in [1.29, 1.82) is 0 Å². The monoisotopic (exact) mass is 293 g/mol. The van der Waals surface area contributed by atoms with E-state index in [2.05, 4.69) is 5.32 Å². The van der Waals surface area contributed by atoms with Crippen LogP contribution in [0.1, 0.15) is 49.4 Å². The standard InChI is InChI=1S/C16H23NO4/c1-2-3-12-21-16(20)13-7-9-14(10-8-13)17-15(19)6-4-5-11-18/h7-10,18H,2-6,11-12H2,1H3,(H,17,19). The second kappa shape index (κ2) is 9.94. The van der Waals surface area contributed by atoms with Gasteiger partial charge in [0.05, 0.1) is 12.2 Å².